The van der Waals surface area contributed by atoms with E-state index in [0.29, 0.717) is 29.3 Å². The summed E-state index contributed by atoms with van der Waals surface area (Å²) in [7, 11) is 0. The van der Waals surface area contributed by atoms with E-state index in [1.807, 2.05) is 24.3 Å². The molecule has 0 aliphatic carbocycles. The monoisotopic (exact) mass is 431 g/mol. The van der Waals surface area contributed by atoms with Crippen LogP contribution in [0.2, 0.25) is 0 Å². The van der Waals surface area contributed by atoms with Gasteiger partial charge >= 0.3 is 0 Å². The van der Waals surface area contributed by atoms with Gasteiger partial charge < -0.3 is 15.5 Å². The predicted molar refractivity (Wildman–Crippen MR) is 122 cm³/mol. The molecule has 0 fully saturated rings. The van der Waals surface area contributed by atoms with Crippen LogP contribution in [0.4, 0.5) is 10.1 Å². The van der Waals surface area contributed by atoms with Gasteiger partial charge in [-0.2, -0.15) is 0 Å². The number of halogens is 1. The van der Waals surface area contributed by atoms with Crippen molar-refractivity contribution in [3.8, 4) is 0 Å². The number of benzene rings is 2. The van der Waals surface area contributed by atoms with Crippen molar-refractivity contribution >= 4 is 29.3 Å². The Balaban J connectivity index is 1.67. The molecular weight excluding hydrogens is 401 g/mol. The van der Waals surface area contributed by atoms with E-state index in [9.17, 15) is 14.0 Å². The maximum atomic E-state index is 12.9. The van der Waals surface area contributed by atoms with Gasteiger partial charge in [-0.25, -0.2) is 4.39 Å². The molecule has 0 aliphatic heterocycles. The van der Waals surface area contributed by atoms with Gasteiger partial charge in [0.1, 0.15) is 5.82 Å². The van der Waals surface area contributed by atoms with E-state index in [1.165, 1.54) is 36.0 Å². The van der Waals surface area contributed by atoms with Gasteiger partial charge in [0, 0.05) is 23.5 Å². The molecule has 2 N–H and O–H groups in total. The Morgan fingerprint density at radius 3 is 2.30 bits per heavy atom. The quantitative estimate of drug-likeness (QED) is 0.496. The largest absolute Gasteiger partial charge is 0.352 e. The number of thioether (sulfide) groups is 1. The second-order valence-electron chi connectivity index (χ2n) is 6.88. The number of carbonyl (C=O) groups is 2. The smallest absolute Gasteiger partial charge is 0.251 e. The summed E-state index contributed by atoms with van der Waals surface area (Å²) in [6, 6.07) is 13.1. The van der Waals surface area contributed by atoms with Crippen molar-refractivity contribution in [2.45, 2.75) is 26.0 Å². The van der Waals surface area contributed by atoms with Crippen LogP contribution in [0.25, 0.3) is 0 Å². The average molecular weight is 432 g/mol. The summed E-state index contributed by atoms with van der Waals surface area (Å²) in [5.74, 6) is 0.438. The van der Waals surface area contributed by atoms with Crippen molar-refractivity contribution in [3.05, 3.63) is 65.5 Å². The third kappa shape index (κ3) is 8.55. The third-order valence-electron chi connectivity index (χ3n) is 4.68. The van der Waals surface area contributed by atoms with Crippen LogP contribution >= 0.6 is 11.8 Å². The summed E-state index contributed by atoms with van der Waals surface area (Å²) in [6.45, 7) is 7.98. The zero-order chi connectivity index (χ0) is 21.8. The molecule has 0 bridgehead atoms. The van der Waals surface area contributed by atoms with Crippen LogP contribution in [0.1, 0.15) is 36.2 Å². The first kappa shape index (κ1) is 23.9. The Bertz CT molecular complexity index is 793. The highest BCUT2D eigenvalue weighted by molar-refractivity contribution is 7.99. The van der Waals surface area contributed by atoms with Crippen LogP contribution in [-0.4, -0.2) is 48.6 Å². The standard InChI is InChI=1S/C23H30FN3O2S/c1-3-27(4-2)15-5-14-25-23(29)19-8-6-18(7-9-19)16-30-17-22(28)26-21-12-10-20(24)11-13-21/h6-13H,3-5,14-17H2,1-2H3,(H,25,29)(H,26,28). The zero-order valence-electron chi connectivity index (χ0n) is 17.6. The molecule has 0 unspecified atom stereocenters. The molecule has 7 heteroatoms. The molecule has 0 heterocycles. The minimum atomic E-state index is -0.334. The highest BCUT2D eigenvalue weighted by Crippen LogP contribution is 2.15. The molecule has 2 aromatic carbocycles. The Morgan fingerprint density at radius 2 is 1.67 bits per heavy atom. The summed E-state index contributed by atoms with van der Waals surface area (Å²) < 4.78 is 12.9. The molecular formula is C23H30FN3O2S. The maximum absolute atomic E-state index is 12.9. The lowest BCUT2D eigenvalue weighted by atomic mass is 10.1. The van der Waals surface area contributed by atoms with E-state index < -0.39 is 0 Å². The topological polar surface area (TPSA) is 61.4 Å². The van der Waals surface area contributed by atoms with Crippen LogP contribution < -0.4 is 10.6 Å². The van der Waals surface area contributed by atoms with Gasteiger partial charge in [0.15, 0.2) is 0 Å². The molecule has 0 saturated heterocycles. The number of nitrogens with one attached hydrogen (secondary N) is 2. The highest BCUT2D eigenvalue weighted by Gasteiger charge is 2.07. The molecule has 0 radical (unpaired) electrons. The minimum Gasteiger partial charge on any atom is -0.352 e. The number of hydrogen-bond acceptors (Lipinski definition) is 4. The summed E-state index contributed by atoms with van der Waals surface area (Å²) in [4.78, 5) is 26.5. The molecule has 5 nitrogen and oxygen atoms in total. The van der Waals surface area contributed by atoms with Crippen molar-refractivity contribution in [3.63, 3.8) is 0 Å². The van der Waals surface area contributed by atoms with Gasteiger partial charge in [-0.3, -0.25) is 9.59 Å². The first-order valence-electron chi connectivity index (χ1n) is 10.2. The van der Waals surface area contributed by atoms with Gasteiger partial charge in [0.05, 0.1) is 5.75 Å². The summed E-state index contributed by atoms with van der Waals surface area (Å²) >= 11 is 1.48. The van der Waals surface area contributed by atoms with Crippen LogP contribution in [-0.2, 0) is 10.5 Å². The number of anilines is 1. The summed E-state index contributed by atoms with van der Waals surface area (Å²) in [6.07, 6.45) is 0.933. The van der Waals surface area contributed by atoms with Crippen molar-refractivity contribution < 1.29 is 14.0 Å². The minimum absolute atomic E-state index is 0.0626. The van der Waals surface area contributed by atoms with Gasteiger partial charge in [-0.1, -0.05) is 26.0 Å². The zero-order valence-corrected chi connectivity index (χ0v) is 18.4. The van der Waals surface area contributed by atoms with Crippen molar-refractivity contribution in [1.29, 1.82) is 0 Å². The number of hydrogen-bond donors (Lipinski definition) is 2. The second-order valence-corrected chi connectivity index (χ2v) is 7.87. The van der Waals surface area contributed by atoms with E-state index in [-0.39, 0.29) is 17.6 Å². The molecule has 30 heavy (non-hydrogen) atoms. The van der Waals surface area contributed by atoms with Gasteiger partial charge in [0.25, 0.3) is 5.91 Å². The van der Waals surface area contributed by atoms with Crippen molar-refractivity contribution in [1.82, 2.24) is 10.2 Å². The maximum Gasteiger partial charge on any atom is 0.251 e. The fourth-order valence-corrected chi connectivity index (χ4v) is 3.68. The molecule has 0 spiro atoms. The molecule has 0 atom stereocenters. The lowest BCUT2D eigenvalue weighted by Crippen LogP contribution is -2.29. The van der Waals surface area contributed by atoms with Crippen LogP contribution in [0.3, 0.4) is 0 Å². The molecule has 2 aromatic rings. The Hall–Kier alpha value is -2.38. The normalized spacial score (nSPS) is 10.8. The molecule has 0 aliphatic rings. The Labute approximate surface area is 182 Å². The van der Waals surface area contributed by atoms with Crippen LogP contribution in [0.15, 0.2) is 48.5 Å². The van der Waals surface area contributed by atoms with E-state index in [0.717, 1.165) is 31.6 Å². The molecule has 0 saturated carbocycles. The Morgan fingerprint density at radius 1 is 1.00 bits per heavy atom. The van der Waals surface area contributed by atoms with Crippen molar-refractivity contribution in [2.24, 2.45) is 0 Å². The number of nitrogens with zero attached hydrogens (tertiary/aromatic N) is 1. The lowest BCUT2D eigenvalue weighted by Gasteiger charge is -2.17. The summed E-state index contributed by atoms with van der Waals surface area (Å²) in [5, 5.41) is 5.70. The lowest BCUT2D eigenvalue weighted by molar-refractivity contribution is -0.113. The second kappa shape index (κ2) is 13.0. The van der Waals surface area contributed by atoms with E-state index in [4.69, 9.17) is 0 Å². The predicted octanol–water partition coefficient (Wildman–Crippen LogP) is 4.16. The fraction of sp³-hybridized carbons (Fsp3) is 0.391. The van der Waals surface area contributed by atoms with Crippen LogP contribution in [0, 0.1) is 5.82 Å². The molecule has 2 rings (SSSR count). The number of amides is 2. The van der Waals surface area contributed by atoms with Crippen LogP contribution in [0.5, 0.6) is 0 Å². The average Bonchev–Trinajstić information content (AvgIpc) is 2.76. The molecule has 2 amide bonds. The molecule has 162 valence electrons. The highest BCUT2D eigenvalue weighted by atomic mass is 32.2. The summed E-state index contributed by atoms with van der Waals surface area (Å²) in [5.41, 5.74) is 2.27. The first-order chi connectivity index (χ1) is 14.5. The number of rotatable bonds is 12. The van der Waals surface area contributed by atoms with E-state index in [2.05, 4.69) is 29.4 Å². The number of carbonyl (C=O) groups excluding carboxylic acids is 2. The Kier molecular flexibility index (Phi) is 10.4. The van der Waals surface area contributed by atoms with Crippen molar-refractivity contribution in [2.75, 3.05) is 37.2 Å². The third-order valence-corrected chi connectivity index (χ3v) is 5.68. The van der Waals surface area contributed by atoms with E-state index >= 15 is 0 Å². The first-order valence-corrected chi connectivity index (χ1v) is 11.4. The van der Waals surface area contributed by atoms with E-state index in [1.54, 1.807) is 0 Å². The fourth-order valence-electron chi connectivity index (χ4n) is 2.89. The SMILES string of the molecule is CCN(CC)CCCNC(=O)c1ccc(CSCC(=O)Nc2ccc(F)cc2)cc1. The van der Waals surface area contributed by atoms with Gasteiger partial charge in [0.2, 0.25) is 5.91 Å². The van der Waals surface area contributed by atoms with Gasteiger partial charge in [-0.15, -0.1) is 11.8 Å². The van der Waals surface area contributed by atoms with Gasteiger partial charge in [-0.05, 0) is 68.0 Å². The molecule has 0 aromatic heterocycles.